The standard InChI is InChI=1S/C21H19NSSe/c1-3-10-19(11-4-1)23-21-14-8-7-9-18(21)17-22-15-16-24-20-12-5-2-6-13-20/h1-14,17H,15-16H2. The van der Waals surface area contributed by atoms with E-state index in [2.05, 4.69) is 83.9 Å². The Morgan fingerprint density at radius 3 is 2.25 bits per heavy atom. The van der Waals surface area contributed by atoms with Crippen molar-refractivity contribution in [1.82, 2.24) is 0 Å². The maximum atomic E-state index is 4.64. The molecule has 3 heteroatoms. The fourth-order valence-corrected chi connectivity index (χ4v) is 4.76. The van der Waals surface area contributed by atoms with Crippen molar-refractivity contribution in [3.8, 4) is 0 Å². The fraction of sp³-hybridized carbons (Fsp3) is 0.0952. The minimum atomic E-state index is 0.511. The van der Waals surface area contributed by atoms with E-state index in [0.717, 1.165) is 11.9 Å². The van der Waals surface area contributed by atoms with E-state index in [1.807, 2.05) is 12.3 Å². The molecule has 0 spiro atoms. The summed E-state index contributed by atoms with van der Waals surface area (Å²) in [6.45, 7) is 0.888. The second kappa shape index (κ2) is 9.48. The first-order valence-corrected chi connectivity index (χ1v) is 10.8. The van der Waals surface area contributed by atoms with E-state index in [9.17, 15) is 0 Å². The Hall–Kier alpha value is -1.80. The fourth-order valence-electron chi connectivity index (χ4n) is 2.19. The van der Waals surface area contributed by atoms with Crippen LogP contribution in [0, 0.1) is 0 Å². The van der Waals surface area contributed by atoms with Crippen molar-refractivity contribution in [3.63, 3.8) is 0 Å². The van der Waals surface area contributed by atoms with Crippen molar-refractivity contribution in [1.29, 1.82) is 0 Å². The summed E-state index contributed by atoms with van der Waals surface area (Å²) in [4.78, 5) is 7.14. The maximum absolute atomic E-state index is 4.64. The Labute approximate surface area is 154 Å². The Bertz CT molecular complexity index is 772. The Morgan fingerprint density at radius 2 is 1.46 bits per heavy atom. The molecule has 0 aliphatic rings. The second-order valence-electron chi connectivity index (χ2n) is 5.15. The third kappa shape index (κ3) is 5.38. The SMILES string of the molecule is C(=NCC[Se]c1ccccc1)c1ccccc1Sc1ccccc1. The Morgan fingerprint density at radius 1 is 0.792 bits per heavy atom. The van der Waals surface area contributed by atoms with E-state index < -0.39 is 0 Å². The second-order valence-corrected chi connectivity index (χ2v) is 8.72. The molecule has 0 heterocycles. The van der Waals surface area contributed by atoms with E-state index >= 15 is 0 Å². The molecule has 120 valence electrons. The zero-order valence-electron chi connectivity index (χ0n) is 13.3. The van der Waals surface area contributed by atoms with E-state index in [1.165, 1.54) is 19.8 Å². The van der Waals surface area contributed by atoms with Gasteiger partial charge in [0, 0.05) is 0 Å². The van der Waals surface area contributed by atoms with Gasteiger partial charge >= 0.3 is 155 Å². The molecule has 0 unspecified atom stereocenters. The molecule has 0 N–H and O–H groups in total. The summed E-state index contributed by atoms with van der Waals surface area (Å²) in [5.74, 6) is 0. The van der Waals surface area contributed by atoms with Gasteiger partial charge < -0.3 is 0 Å². The van der Waals surface area contributed by atoms with Crippen molar-refractivity contribution < 1.29 is 0 Å². The van der Waals surface area contributed by atoms with Crippen LogP contribution in [-0.2, 0) is 0 Å². The van der Waals surface area contributed by atoms with Gasteiger partial charge in [0.15, 0.2) is 0 Å². The molecule has 24 heavy (non-hydrogen) atoms. The third-order valence-corrected chi connectivity index (χ3v) is 6.53. The first-order chi connectivity index (χ1) is 11.9. The van der Waals surface area contributed by atoms with Crippen LogP contribution >= 0.6 is 11.8 Å². The van der Waals surface area contributed by atoms with Crippen LogP contribution in [0.15, 0.2) is 99.7 Å². The molecule has 0 atom stereocenters. The predicted molar refractivity (Wildman–Crippen MR) is 106 cm³/mol. The van der Waals surface area contributed by atoms with Crippen LogP contribution in [0.25, 0.3) is 0 Å². The number of nitrogens with zero attached hydrogens (tertiary/aromatic N) is 1. The van der Waals surface area contributed by atoms with Gasteiger partial charge in [-0.2, -0.15) is 0 Å². The molecule has 3 aromatic carbocycles. The molecule has 3 aromatic rings. The summed E-state index contributed by atoms with van der Waals surface area (Å²) in [5.41, 5.74) is 1.19. The predicted octanol–water partition coefficient (Wildman–Crippen LogP) is 4.70. The van der Waals surface area contributed by atoms with E-state index in [0.29, 0.717) is 15.0 Å². The van der Waals surface area contributed by atoms with Gasteiger partial charge in [0.05, 0.1) is 0 Å². The summed E-state index contributed by atoms with van der Waals surface area (Å²) >= 11 is 2.30. The van der Waals surface area contributed by atoms with Gasteiger partial charge in [-0.25, -0.2) is 0 Å². The van der Waals surface area contributed by atoms with Crippen LogP contribution in [-0.4, -0.2) is 27.7 Å². The summed E-state index contributed by atoms with van der Waals surface area (Å²) in [6, 6.07) is 29.6. The molecular formula is C21H19NSSe. The molecule has 0 aliphatic carbocycles. The number of hydrogen-bond donors (Lipinski definition) is 0. The molecule has 1 nitrogen and oxygen atoms in total. The summed E-state index contributed by atoms with van der Waals surface area (Å²) in [5, 5.41) is 1.14. The normalized spacial score (nSPS) is 11.0. The van der Waals surface area contributed by atoms with Gasteiger partial charge in [0.25, 0.3) is 0 Å². The van der Waals surface area contributed by atoms with Crippen LogP contribution in [0.4, 0.5) is 0 Å². The van der Waals surface area contributed by atoms with Crippen molar-refractivity contribution in [2.24, 2.45) is 4.99 Å². The van der Waals surface area contributed by atoms with E-state index in [-0.39, 0.29) is 0 Å². The monoisotopic (exact) mass is 397 g/mol. The van der Waals surface area contributed by atoms with Gasteiger partial charge in [-0.1, -0.05) is 0 Å². The molecule has 0 saturated heterocycles. The number of aliphatic imine (C=N–C) groups is 1. The topological polar surface area (TPSA) is 12.4 Å². The van der Waals surface area contributed by atoms with Crippen LogP contribution in [0.2, 0.25) is 5.32 Å². The molecule has 3 rings (SSSR count). The average Bonchev–Trinajstić information content (AvgIpc) is 2.64. The van der Waals surface area contributed by atoms with Gasteiger partial charge in [-0.05, 0) is 0 Å². The van der Waals surface area contributed by atoms with Crippen molar-refractivity contribution in [2.45, 2.75) is 15.1 Å². The summed E-state index contributed by atoms with van der Waals surface area (Å²) in [6.07, 6.45) is 2.02. The molecule has 0 fully saturated rings. The van der Waals surface area contributed by atoms with Crippen LogP contribution in [0.3, 0.4) is 0 Å². The summed E-state index contributed by atoms with van der Waals surface area (Å²) in [7, 11) is 0. The van der Waals surface area contributed by atoms with E-state index in [4.69, 9.17) is 0 Å². The molecule has 0 aromatic heterocycles. The molecule has 0 radical (unpaired) electrons. The molecule has 0 amide bonds. The van der Waals surface area contributed by atoms with Crippen molar-refractivity contribution in [3.05, 3.63) is 90.5 Å². The molecule has 0 saturated carbocycles. The molecular weight excluding hydrogens is 377 g/mol. The zero-order chi connectivity index (χ0) is 16.5. The van der Waals surface area contributed by atoms with Crippen LogP contribution in [0.1, 0.15) is 5.56 Å². The van der Waals surface area contributed by atoms with Gasteiger partial charge in [0.1, 0.15) is 0 Å². The number of hydrogen-bond acceptors (Lipinski definition) is 2. The van der Waals surface area contributed by atoms with Crippen molar-refractivity contribution in [2.75, 3.05) is 6.54 Å². The van der Waals surface area contributed by atoms with Gasteiger partial charge in [-0.3, -0.25) is 0 Å². The molecule has 0 aliphatic heterocycles. The molecule has 0 bridgehead atoms. The average molecular weight is 396 g/mol. The first-order valence-electron chi connectivity index (χ1n) is 7.91. The number of benzene rings is 3. The van der Waals surface area contributed by atoms with Crippen LogP contribution < -0.4 is 4.46 Å². The number of rotatable bonds is 7. The van der Waals surface area contributed by atoms with Crippen LogP contribution in [0.5, 0.6) is 0 Å². The van der Waals surface area contributed by atoms with Gasteiger partial charge in [0.2, 0.25) is 0 Å². The Kier molecular flexibility index (Phi) is 6.73. The first kappa shape index (κ1) is 17.0. The van der Waals surface area contributed by atoms with E-state index in [1.54, 1.807) is 11.8 Å². The van der Waals surface area contributed by atoms with Gasteiger partial charge in [-0.15, -0.1) is 0 Å². The third-order valence-electron chi connectivity index (χ3n) is 3.35. The van der Waals surface area contributed by atoms with Crippen molar-refractivity contribution >= 4 is 37.4 Å². The Balaban J connectivity index is 1.56. The summed E-state index contributed by atoms with van der Waals surface area (Å²) < 4.78 is 1.44. The minimum absolute atomic E-state index is 0.511. The quantitative estimate of drug-likeness (QED) is 0.320. The zero-order valence-corrected chi connectivity index (χ0v) is 15.9.